The fourth-order valence-electron chi connectivity index (χ4n) is 2.81. The minimum atomic E-state index is 0.659. The van der Waals surface area contributed by atoms with Crippen molar-refractivity contribution in [2.75, 3.05) is 11.2 Å². The number of aromatic nitrogens is 2. The van der Waals surface area contributed by atoms with Crippen molar-refractivity contribution < 1.29 is 0 Å². The molecule has 0 atom stereocenters. The topological polar surface area (TPSA) is 37.8 Å². The van der Waals surface area contributed by atoms with Gasteiger partial charge in [0.2, 0.25) is 0 Å². The van der Waals surface area contributed by atoms with Crippen molar-refractivity contribution in [2.24, 2.45) is 0 Å². The zero-order valence-electron chi connectivity index (χ0n) is 12.1. The van der Waals surface area contributed by atoms with Gasteiger partial charge >= 0.3 is 0 Å². The van der Waals surface area contributed by atoms with Crippen molar-refractivity contribution in [2.45, 2.75) is 38.5 Å². The number of rotatable bonds is 4. The van der Waals surface area contributed by atoms with E-state index in [2.05, 4.69) is 39.6 Å². The summed E-state index contributed by atoms with van der Waals surface area (Å²) >= 11 is 5.77. The molecule has 4 heteroatoms. The van der Waals surface area contributed by atoms with Crippen molar-refractivity contribution in [1.82, 2.24) is 9.97 Å². The summed E-state index contributed by atoms with van der Waals surface area (Å²) < 4.78 is 0. The first kappa shape index (κ1) is 14.3. The van der Waals surface area contributed by atoms with Crippen LogP contribution in [0.5, 0.6) is 0 Å². The molecule has 1 aromatic heterocycles. The first-order valence-electron chi connectivity index (χ1n) is 7.61. The van der Waals surface area contributed by atoms with Gasteiger partial charge in [-0.05, 0) is 49.8 Å². The number of fused-ring (bicyclic) bond motifs is 1. The predicted octanol–water partition coefficient (Wildman–Crippen LogP) is 4.27. The zero-order valence-corrected chi connectivity index (χ0v) is 12.9. The standard InChI is InChI=1S/C17H20ClN3/c18-11-10-13-6-8-14(9-7-13)21-17-15-4-2-1-3-5-16(15)19-12-20-17/h6-9,12H,1-5,10-11H2,(H,19,20,21). The van der Waals surface area contributed by atoms with E-state index in [0.29, 0.717) is 5.88 Å². The van der Waals surface area contributed by atoms with Gasteiger partial charge in [-0.15, -0.1) is 11.6 Å². The average Bonchev–Trinajstić information content (AvgIpc) is 2.76. The molecule has 110 valence electrons. The molecule has 1 heterocycles. The highest BCUT2D eigenvalue weighted by molar-refractivity contribution is 6.17. The quantitative estimate of drug-likeness (QED) is 0.677. The summed E-state index contributed by atoms with van der Waals surface area (Å²) in [4.78, 5) is 8.90. The van der Waals surface area contributed by atoms with Gasteiger partial charge in [0.05, 0.1) is 0 Å². The number of hydrogen-bond acceptors (Lipinski definition) is 3. The Balaban J connectivity index is 1.81. The van der Waals surface area contributed by atoms with Crippen LogP contribution in [0.4, 0.5) is 11.5 Å². The third kappa shape index (κ3) is 3.53. The van der Waals surface area contributed by atoms with Crippen LogP contribution in [0.3, 0.4) is 0 Å². The van der Waals surface area contributed by atoms with Gasteiger partial charge < -0.3 is 5.32 Å². The Labute approximate surface area is 130 Å². The lowest BCUT2D eigenvalue weighted by Crippen LogP contribution is -2.04. The number of halogens is 1. The van der Waals surface area contributed by atoms with E-state index in [1.54, 1.807) is 6.33 Å². The van der Waals surface area contributed by atoms with Crippen LogP contribution in [0.2, 0.25) is 0 Å². The molecule has 3 rings (SSSR count). The van der Waals surface area contributed by atoms with Crippen LogP contribution in [-0.2, 0) is 19.3 Å². The molecule has 21 heavy (non-hydrogen) atoms. The third-order valence-corrected chi connectivity index (χ3v) is 4.16. The van der Waals surface area contributed by atoms with E-state index in [0.717, 1.165) is 30.8 Å². The van der Waals surface area contributed by atoms with E-state index in [4.69, 9.17) is 11.6 Å². The summed E-state index contributed by atoms with van der Waals surface area (Å²) in [7, 11) is 0. The maximum Gasteiger partial charge on any atom is 0.137 e. The number of alkyl halides is 1. The monoisotopic (exact) mass is 301 g/mol. The van der Waals surface area contributed by atoms with Gasteiger partial charge in [0.15, 0.2) is 0 Å². The Kier molecular flexibility index (Phi) is 4.71. The van der Waals surface area contributed by atoms with E-state index >= 15 is 0 Å². The average molecular weight is 302 g/mol. The van der Waals surface area contributed by atoms with Crippen LogP contribution in [0.25, 0.3) is 0 Å². The molecule has 0 amide bonds. The van der Waals surface area contributed by atoms with Crippen LogP contribution in [0.1, 0.15) is 36.1 Å². The largest absolute Gasteiger partial charge is 0.340 e. The summed E-state index contributed by atoms with van der Waals surface area (Å²) in [6.45, 7) is 0. The number of aryl methyl sites for hydroxylation is 2. The molecule has 0 saturated carbocycles. The Bertz CT molecular complexity index is 595. The summed E-state index contributed by atoms with van der Waals surface area (Å²) in [5, 5.41) is 3.45. The zero-order chi connectivity index (χ0) is 14.5. The van der Waals surface area contributed by atoms with Crippen LogP contribution < -0.4 is 5.32 Å². The van der Waals surface area contributed by atoms with Crippen LogP contribution >= 0.6 is 11.6 Å². The molecule has 0 unspecified atom stereocenters. The molecule has 0 radical (unpaired) electrons. The highest BCUT2D eigenvalue weighted by Gasteiger charge is 2.14. The lowest BCUT2D eigenvalue weighted by Gasteiger charge is -2.12. The predicted molar refractivity (Wildman–Crippen MR) is 87.4 cm³/mol. The van der Waals surface area contributed by atoms with Crippen LogP contribution in [0, 0.1) is 0 Å². The van der Waals surface area contributed by atoms with Crippen LogP contribution in [0.15, 0.2) is 30.6 Å². The molecule has 0 bridgehead atoms. The molecule has 1 aromatic carbocycles. The van der Waals surface area contributed by atoms with Gasteiger partial charge in [-0.1, -0.05) is 18.6 Å². The Hall–Kier alpha value is -1.61. The molecule has 0 saturated heterocycles. The van der Waals surface area contributed by atoms with E-state index in [9.17, 15) is 0 Å². The van der Waals surface area contributed by atoms with Gasteiger partial charge in [0.25, 0.3) is 0 Å². The minimum Gasteiger partial charge on any atom is -0.340 e. The van der Waals surface area contributed by atoms with E-state index in [-0.39, 0.29) is 0 Å². The van der Waals surface area contributed by atoms with Gasteiger partial charge in [0.1, 0.15) is 12.1 Å². The van der Waals surface area contributed by atoms with Gasteiger partial charge in [-0.25, -0.2) is 9.97 Å². The Morgan fingerprint density at radius 3 is 2.62 bits per heavy atom. The first-order chi connectivity index (χ1) is 10.4. The number of benzene rings is 1. The van der Waals surface area contributed by atoms with Crippen LogP contribution in [-0.4, -0.2) is 15.8 Å². The van der Waals surface area contributed by atoms with E-state index in [1.807, 2.05) is 0 Å². The molecule has 0 aliphatic heterocycles. The highest BCUT2D eigenvalue weighted by atomic mass is 35.5. The molecule has 1 aliphatic rings. The lowest BCUT2D eigenvalue weighted by atomic mass is 10.1. The minimum absolute atomic E-state index is 0.659. The summed E-state index contributed by atoms with van der Waals surface area (Å²) in [6.07, 6.45) is 8.46. The second-order valence-electron chi connectivity index (χ2n) is 5.47. The second kappa shape index (κ2) is 6.90. The first-order valence-corrected chi connectivity index (χ1v) is 8.15. The van der Waals surface area contributed by atoms with E-state index in [1.165, 1.54) is 36.1 Å². The molecule has 2 aromatic rings. The van der Waals surface area contributed by atoms with Crippen molar-refractivity contribution in [1.29, 1.82) is 0 Å². The maximum absolute atomic E-state index is 5.77. The normalized spacial score (nSPS) is 14.3. The summed E-state index contributed by atoms with van der Waals surface area (Å²) in [5.74, 6) is 1.62. The molecule has 1 aliphatic carbocycles. The van der Waals surface area contributed by atoms with Crippen molar-refractivity contribution in [3.8, 4) is 0 Å². The molecule has 3 nitrogen and oxygen atoms in total. The summed E-state index contributed by atoms with van der Waals surface area (Å²) in [5.41, 5.74) is 4.83. The van der Waals surface area contributed by atoms with Crippen molar-refractivity contribution in [3.05, 3.63) is 47.4 Å². The van der Waals surface area contributed by atoms with Gasteiger partial charge in [-0.2, -0.15) is 0 Å². The Morgan fingerprint density at radius 1 is 1.00 bits per heavy atom. The number of nitrogens with zero attached hydrogens (tertiary/aromatic N) is 2. The van der Waals surface area contributed by atoms with Gasteiger partial charge in [-0.3, -0.25) is 0 Å². The molecule has 1 N–H and O–H groups in total. The smallest absolute Gasteiger partial charge is 0.137 e. The van der Waals surface area contributed by atoms with Crippen molar-refractivity contribution in [3.63, 3.8) is 0 Å². The number of hydrogen-bond donors (Lipinski definition) is 1. The highest BCUT2D eigenvalue weighted by Crippen LogP contribution is 2.26. The molecular weight excluding hydrogens is 282 g/mol. The maximum atomic E-state index is 5.77. The SMILES string of the molecule is ClCCc1ccc(Nc2ncnc3c2CCCCC3)cc1. The number of nitrogens with one attached hydrogen (secondary N) is 1. The van der Waals surface area contributed by atoms with E-state index < -0.39 is 0 Å². The summed E-state index contributed by atoms with van der Waals surface area (Å²) in [6, 6.07) is 8.41. The lowest BCUT2D eigenvalue weighted by molar-refractivity contribution is 0.709. The van der Waals surface area contributed by atoms with Gasteiger partial charge in [0, 0.05) is 22.8 Å². The molecule has 0 spiro atoms. The number of anilines is 2. The fraction of sp³-hybridized carbons (Fsp3) is 0.412. The molecule has 0 fully saturated rings. The Morgan fingerprint density at radius 2 is 1.81 bits per heavy atom. The van der Waals surface area contributed by atoms with Crippen molar-refractivity contribution >= 4 is 23.1 Å². The fourth-order valence-corrected chi connectivity index (χ4v) is 3.02. The third-order valence-electron chi connectivity index (χ3n) is 3.97. The molecular formula is C17H20ClN3. The second-order valence-corrected chi connectivity index (χ2v) is 5.85.